The number of aliphatic carboxylic acids is 1. The van der Waals surface area contributed by atoms with Gasteiger partial charge in [-0.25, -0.2) is 12.8 Å². The van der Waals surface area contributed by atoms with Crippen LogP contribution >= 0.6 is 11.6 Å². The third kappa shape index (κ3) is 4.43. The number of carboxylic acids is 1. The SMILES string of the molecule is CCCC[C@H](NS(=O)(=O)c1ccc(Cl)cc1F)C(=O)O. The van der Waals surface area contributed by atoms with Crippen molar-refractivity contribution in [1.29, 1.82) is 0 Å². The molecule has 20 heavy (non-hydrogen) atoms. The molecule has 0 bridgehead atoms. The van der Waals surface area contributed by atoms with E-state index in [0.29, 0.717) is 6.42 Å². The summed E-state index contributed by atoms with van der Waals surface area (Å²) < 4.78 is 39.6. The van der Waals surface area contributed by atoms with E-state index in [1.54, 1.807) is 0 Å². The molecule has 1 aromatic rings. The van der Waals surface area contributed by atoms with Gasteiger partial charge in [-0.3, -0.25) is 4.79 Å². The van der Waals surface area contributed by atoms with Crippen molar-refractivity contribution in [3.05, 3.63) is 29.0 Å². The monoisotopic (exact) mass is 323 g/mol. The highest BCUT2D eigenvalue weighted by molar-refractivity contribution is 7.89. The summed E-state index contributed by atoms with van der Waals surface area (Å²) in [4.78, 5) is 10.4. The van der Waals surface area contributed by atoms with Crippen LogP contribution in [0.4, 0.5) is 4.39 Å². The molecule has 1 atom stereocenters. The molecule has 0 saturated heterocycles. The van der Waals surface area contributed by atoms with Gasteiger partial charge in [0, 0.05) is 5.02 Å². The zero-order valence-corrected chi connectivity index (χ0v) is 12.3. The van der Waals surface area contributed by atoms with Gasteiger partial charge < -0.3 is 5.11 Å². The Morgan fingerprint density at radius 1 is 1.50 bits per heavy atom. The van der Waals surface area contributed by atoms with E-state index in [1.165, 1.54) is 6.07 Å². The Balaban J connectivity index is 3.00. The molecule has 0 heterocycles. The smallest absolute Gasteiger partial charge is 0.321 e. The summed E-state index contributed by atoms with van der Waals surface area (Å²) in [5, 5.41) is 9.04. The summed E-state index contributed by atoms with van der Waals surface area (Å²) in [5.74, 6) is -2.32. The van der Waals surface area contributed by atoms with Crippen molar-refractivity contribution in [2.75, 3.05) is 0 Å². The molecule has 0 fully saturated rings. The fourth-order valence-corrected chi connectivity index (χ4v) is 3.03. The van der Waals surface area contributed by atoms with Gasteiger partial charge in [0.15, 0.2) is 0 Å². The van der Waals surface area contributed by atoms with Crippen molar-refractivity contribution in [3.63, 3.8) is 0 Å². The van der Waals surface area contributed by atoms with E-state index in [1.807, 2.05) is 11.6 Å². The Morgan fingerprint density at radius 3 is 2.65 bits per heavy atom. The van der Waals surface area contributed by atoms with Gasteiger partial charge in [0.25, 0.3) is 0 Å². The quantitative estimate of drug-likeness (QED) is 0.807. The molecule has 112 valence electrons. The first-order valence-electron chi connectivity index (χ1n) is 5.98. The van der Waals surface area contributed by atoms with Crippen LogP contribution in [-0.2, 0) is 14.8 Å². The average molecular weight is 324 g/mol. The molecule has 5 nitrogen and oxygen atoms in total. The zero-order chi connectivity index (χ0) is 15.3. The normalized spacial score (nSPS) is 13.2. The number of sulfonamides is 1. The summed E-state index contributed by atoms with van der Waals surface area (Å²) in [6.07, 6.45) is 1.41. The Labute approximate surface area is 121 Å². The largest absolute Gasteiger partial charge is 0.480 e. The number of carboxylic acid groups (broad SMARTS) is 1. The van der Waals surface area contributed by atoms with Crippen LogP contribution < -0.4 is 4.72 Å². The molecule has 0 radical (unpaired) electrons. The van der Waals surface area contributed by atoms with E-state index in [2.05, 4.69) is 0 Å². The Kier molecular flexibility index (Phi) is 5.91. The van der Waals surface area contributed by atoms with Gasteiger partial charge in [-0.1, -0.05) is 31.4 Å². The second-order valence-electron chi connectivity index (χ2n) is 4.23. The molecule has 0 aromatic heterocycles. The van der Waals surface area contributed by atoms with Gasteiger partial charge >= 0.3 is 5.97 Å². The molecule has 0 aliphatic carbocycles. The summed E-state index contributed by atoms with van der Waals surface area (Å²) in [7, 11) is -4.25. The molecular weight excluding hydrogens is 309 g/mol. The third-order valence-electron chi connectivity index (χ3n) is 2.63. The van der Waals surface area contributed by atoms with Crippen LogP contribution in [0.5, 0.6) is 0 Å². The average Bonchev–Trinajstić information content (AvgIpc) is 2.33. The predicted molar refractivity (Wildman–Crippen MR) is 72.7 cm³/mol. The summed E-state index contributed by atoms with van der Waals surface area (Å²) in [6.45, 7) is 1.85. The highest BCUT2D eigenvalue weighted by atomic mass is 35.5. The molecule has 1 rings (SSSR count). The van der Waals surface area contributed by atoms with Crippen molar-refractivity contribution in [2.24, 2.45) is 0 Å². The highest BCUT2D eigenvalue weighted by Crippen LogP contribution is 2.19. The number of rotatable bonds is 7. The van der Waals surface area contributed by atoms with Crippen LogP contribution in [-0.4, -0.2) is 25.5 Å². The summed E-state index contributed by atoms with van der Waals surface area (Å²) in [5.41, 5.74) is 0. The number of unbranched alkanes of at least 4 members (excludes halogenated alkanes) is 1. The lowest BCUT2D eigenvalue weighted by Crippen LogP contribution is -2.40. The van der Waals surface area contributed by atoms with Gasteiger partial charge in [0.05, 0.1) is 0 Å². The maximum absolute atomic E-state index is 13.6. The van der Waals surface area contributed by atoms with Gasteiger partial charge in [-0.15, -0.1) is 0 Å². The van der Waals surface area contributed by atoms with Crippen molar-refractivity contribution >= 4 is 27.6 Å². The lowest BCUT2D eigenvalue weighted by Gasteiger charge is -2.14. The van der Waals surface area contributed by atoms with Crippen LogP contribution in [0.3, 0.4) is 0 Å². The van der Waals surface area contributed by atoms with Gasteiger partial charge in [-0.05, 0) is 24.6 Å². The minimum Gasteiger partial charge on any atom is -0.480 e. The van der Waals surface area contributed by atoms with E-state index in [4.69, 9.17) is 16.7 Å². The molecule has 1 aromatic carbocycles. The van der Waals surface area contributed by atoms with Gasteiger partial charge in [0.2, 0.25) is 10.0 Å². The first kappa shape index (κ1) is 16.9. The van der Waals surface area contributed by atoms with Gasteiger partial charge in [0.1, 0.15) is 16.8 Å². The number of hydrogen-bond donors (Lipinski definition) is 2. The van der Waals surface area contributed by atoms with Gasteiger partial charge in [-0.2, -0.15) is 4.72 Å². The number of hydrogen-bond acceptors (Lipinski definition) is 3. The lowest BCUT2D eigenvalue weighted by atomic mass is 10.1. The standard InChI is InChI=1S/C12H15ClFNO4S/c1-2-3-4-10(12(16)17)15-20(18,19)11-6-5-8(13)7-9(11)14/h5-7,10,15H,2-4H2,1H3,(H,16,17)/t10-/m0/s1. The second-order valence-corrected chi connectivity index (χ2v) is 6.35. The molecule has 0 amide bonds. The molecule has 8 heteroatoms. The first-order chi connectivity index (χ1) is 9.27. The molecule has 2 N–H and O–H groups in total. The predicted octanol–water partition coefficient (Wildman–Crippen LogP) is 2.40. The van der Waals surface area contributed by atoms with Crippen LogP contribution in [0.2, 0.25) is 5.02 Å². The third-order valence-corrected chi connectivity index (χ3v) is 4.37. The molecule has 0 spiro atoms. The van der Waals surface area contributed by atoms with Crippen molar-refractivity contribution in [1.82, 2.24) is 4.72 Å². The van der Waals surface area contributed by atoms with Crippen LogP contribution in [0.15, 0.2) is 23.1 Å². The van der Waals surface area contributed by atoms with Crippen LogP contribution in [0, 0.1) is 5.82 Å². The fourth-order valence-electron chi connectivity index (χ4n) is 1.58. The Hall–Kier alpha value is -1.18. The van der Waals surface area contributed by atoms with E-state index in [-0.39, 0.29) is 11.4 Å². The van der Waals surface area contributed by atoms with E-state index >= 15 is 0 Å². The first-order valence-corrected chi connectivity index (χ1v) is 7.84. The van der Waals surface area contributed by atoms with Crippen molar-refractivity contribution in [3.8, 4) is 0 Å². The van der Waals surface area contributed by atoms with Crippen molar-refractivity contribution in [2.45, 2.75) is 37.1 Å². The lowest BCUT2D eigenvalue weighted by molar-refractivity contribution is -0.139. The maximum atomic E-state index is 13.6. The minimum atomic E-state index is -4.25. The topological polar surface area (TPSA) is 83.5 Å². The van der Waals surface area contributed by atoms with Crippen molar-refractivity contribution < 1.29 is 22.7 Å². The zero-order valence-electron chi connectivity index (χ0n) is 10.8. The molecule has 0 aliphatic rings. The van der Waals surface area contributed by atoms with E-state index in [0.717, 1.165) is 18.6 Å². The molecule has 0 aliphatic heterocycles. The maximum Gasteiger partial charge on any atom is 0.321 e. The molecule has 0 unspecified atom stereocenters. The minimum absolute atomic E-state index is 0.0576. The fraction of sp³-hybridized carbons (Fsp3) is 0.417. The second kappa shape index (κ2) is 7.01. The van der Waals surface area contributed by atoms with E-state index < -0.39 is 32.7 Å². The Bertz CT molecular complexity index is 591. The molecule has 0 saturated carbocycles. The van der Waals surface area contributed by atoms with Crippen LogP contribution in [0.1, 0.15) is 26.2 Å². The number of benzene rings is 1. The van der Waals surface area contributed by atoms with E-state index in [9.17, 15) is 17.6 Å². The molecular formula is C12H15ClFNO4S. The van der Waals surface area contributed by atoms with Crippen LogP contribution in [0.25, 0.3) is 0 Å². The number of halogens is 2. The number of nitrogens with one attached hydrogen (secondary N) is 1. The highest BCUT2D eigenvalue weighted by Gasteiger charge is 2.27. The summed E-state index contributed by atoms with van der Waals surface area (Å²) >= 11 is 5.54. The summed E-state index contributed by atoms with van der Waals surface area (Å²) in [6, 6.07) is 1.80. The Morgan fingerprint density at radius 2 is 2.15 bits per heavy atom. The number of carbonyl (C=O) groups is 1.